The van der Waals surface area contributed by atoms with Crippen molar-refractivity contribution < 1.29 is 9.53 Å². The highest BCUT2D eigenvalue weighted by Gasteiger charge is 2.19. The van der Waals surface area contributed by atoms with Gasteiger partial charge in [-0.25, -0.2) is 0 Å². The van der Waals surface area contributed by atoms with E-state index in [1.807, 2.05) is 39.0 Å². The van der Waals surface area contributed by atoms with Crippen LogP contribution in [0.3, 0.4) is 0 Å². The second kappa shape index (κ2) is 4.26. The van der Waals surface area contributed by atoms with Gasteiger partial charge in [0.15, 0.2) is 0 Å². The first-order valence-electron chi connectivity index (χ1n) is 6.54. The van der Waals surface area contributed by atoms with Gasteiger partial charge in [-0.2, -0.15) is 0 Å². The van der Waals surface area contributed by atoms with Gasteiger partial charge < -0.3 is 9.72 Å². The number of H-pyrrole nitrogens is 1. The molecule has 0 radical (unpaired) electrons. The summed E-state index contributed by atoms with van der Waals surface area (Å²) in [5.41, 5.74) is 5.82. The summed E-state index contributed by atoms with van der Waals surface area (Å²) in [6.07, 6.45) is 0.887. The number of fused-ring (bicyclic) bond motifs is 1. The molecule has 1 aromatic carbocycles. The molecule has 3 nitrogen and oxygen atoms in total. The van der Waals surface area contributed by atoms with E-state index in [1.54, 1.807) is 0 Å². The van der Waals surface area contributed by atoms with Gasteiger partial charge in [-0.15, -0.1) is 0 Å². The molecule has 3 heteroatoms. The summed E-state index contributed by atoms with van der Waals surface area (Å²) < 4.78 is 5.47. The fraction of sp³-hybridized carbons (Fsp3) is 0.312. The lowest BCUT2D eigenvalue weighted by molar-refractivity contribution is 0.103. The van der Waals surface area contributed by atoms with Crippen LogP contribution < -0.4 is 4.74 Å². The number of nitrogens with one attached hydrogen (secondary N) is 1. The number of ketones is 1. The molecule has 0 atom stereocenters. The minimum absolute atomic E-state index is 0.0587. The molecule has 1 aromatic heterocycles. The molecule has 2 heterocycles. The van der Waals surface area contributed by atoms with Crippen LogP contribution in [0.25, 0.3) is 0 Å². The largest absolute Gasteiger partial charge is 0.493 e. The number of carbonyl (C=O) groups is 1. The van der Waals surface area contributed by atoms with Gasteiger partial charge in [0.25, 0.3) is 0 Å². The Hall–Kier alpha value is -2.03. The van der Waals surface area contributed by atoms with Crippen molar-refractivity contribution in [1.29, 1.82) is 0 Å². The van der Waals surface area contributed by atoms with E-state index in [9.17, 15) is 4.79 Å². The maximum atomic E-state index is 12.6. The van der Waals surface area contributed by atoms with Gasteiger partial charge in [-0.05, 0) is 55.7 Å². The molecular formula is C16H17NO2. The zero-order valence-corrected chi connectivity index (χ0v) is 11.5. The summed E-state index contributed by atoms with van der Waals surface area (Å²) >= 11 is 0. The molecule has 0 amide bonds. The highest BCUT2D eigenvalue weighted by Crippen LogP contribution is 2.27. The van der Waals surface area contributed by atoms with Crippen molar-refractivity contribution in [3.8, 4) is 5.75 Å². The molecule has 1 N–H and O–H groups in total. The van der Waals surface area contributed by atoms with Crippen LogP contribution in [-0.2, 0) is 6.42 Å². The zero-order chi connectivity index (χ0) is 13.6. The number of hydrogen-bond donors (Lipinski definition) is 1. The van der Waals surface area contributed by atoms with Crippen molar-refractivity contribution in [3.63, 3.8) is 0 Å². The van der Waals surface area contributed by atoms with Crippen LogP contribution in [0.4, 0.5) is 0 Å². The van der Waals surface area contributed by atoms with Crippen LogP contribution in [-0.4, -0.2) is 17.4 Å². The summed E-state index contributed by atoms with van der Waals surface area (Å²) in [5, 5.41) is 0. The van der Waals surface area contributed by atoms with Gasteiger partial charge in [0, 0.05) is 17.7 Å². The quantitative estimate of drug-likeness (QED) is 0.838. The number of ether oxygens (including phenoxy) is 1. The lowest BCUT2D eigenvalue weighted by Gasteiger charge is -2.03. The van der Waals surface area contributed by atoms with Crippen molar-refractivity contribution in [2.45, 2.75) is 27.2 Å². The van der Waals surface area contributed by atoms with E-state index in [0.29, 0.717) is 12.3 Å². The summed E-state index contributed by atoms with van der Waals surface area (Å²) in [4.78, 5) is 15.8. The number of carbonyl (C=O) groups excluding carboxylic acids is 1. The molecule has 0 saturated carbocycles. The third-order valence-electron chi connectivity index (χ3n) is 3.99. The monoisotopic (exact) mass is 255 g/mol. The summed E-state index contributed by atoms with van der Waals surface area (Å²) in [6.45, 7) is 6.74. The molecule has 3 rings (SSSR count). The van der Waals surface area contributed by atoms with E-state index in [4.69, 9.17) is 4.74 Å². The van der Waals surface area contributed by atoms with Gasteiger partial charge in [0.1, 0.15) is 5.75 Å². The Morgan fingerprint density at radius 1 is 1.21 bits per heavy atom. The number of rotatable bonds is 2. The van der Waals surface area contributed by atoms with Crippen LogP contribution in [0.15, 0.2) is 18.2 Å². The molecule has 0 spiro atoms. The predicted octanol–water partition coefficient (Wildman–Crippen LogP) is 3.11. The Kier molecular flexibility index (Phi) is 2.70. The number of benzene rings is 1. The van der Waals surface area contributed by atoms with Gasteiger partial charge >= 0.3 is 0 Å². The Morgan fingerprint density at radius 3 is 2.68 bits per heavy atom. The smallest absolute Gasteiger partial charge is 0.209 e. The van der Waals surface area contributed by atoms with Gasteiger partial charge in [0.2, 0.25) is 5.78 Å². The van der Waals surface area contributed by atoms with Crippen molar-refractivity contribution in [2.24, 2.45) is 0 Å². The summed E-state index contributed by atoms with van der Waals surface area (Å²) in [7, 11) is 0. The second-order valence-corrected chi connectivity index (χ2v) is 5.13. The highest BCUT2D eigenvalue weighted by atomic mass is 16.5. The Bertz CT molecular complexity index is 668. The molecule has 98 valence electrons. The van der Waals surface area contributed by atoms with Crippen LogP contribution in [0.2, 0.25) is 0 Å². The van der Waals surface area contributed by atoms with E-state index >= 15 is 0 Å². The summed E-state index contributed by atoms with van der Waals surface area (Å²) in [6, 6.07) is 5.70. The van der Waals surface area contributed by atoms with Crippen LogP contribution in [0.5, 0.6) is 5.75 Å². The van der Waals surface area contributed by atoms with Crippen molar-refractivity contribution in [3.05, 3.63) is 51.8 Å². The molecule has 0 saturated heterocycles. The molecule has 19 heavy (non-hydrogen) atoms. The van der Waals surface area contributed by atoms with Crippen LogP contribution in [0.1, 0.15) is 38.4 Å². The number of aromatic nitrogens is 1. The first-order valence-corrected chi connectivity index (χ1v) is 6.54. The zero-order valence-electron chi connectivity index (χ0n) is 11.5. The third-order valence-corrected chi connectivity index (χ3v) is 3.99. The Morgan fingerprint density at radius 2 is 2.00 bits per heavy atom. The molecule has 2 aromatic rings. The Balaban J connectivity index is 2.02. The first kappa shape index (κ1) is 12.0. The average molecular weight is 255 g/mol. The maximum Gasteiger partial charge on any atom is 0.209 e. The minimum Gasteiger partial charge on any atom is -0.493 e. The molecule has 0 aliphatic carbocycles. The lowest BCUT2D eigenvalue weighted by Crippen LogP contribution is -2.04. The minimum atomic E-state index is 0.0587. The first-order chi connectivity index (χ1) is 9.08. The van der Waals surface area contributed by atoms with E-state index in [0.717, 1.165) is 40.1 Å². The van der Waals surface area contributed by atoms with Gasteiger partial charge in [0.05, 0.1) is 12.3 Å². The molecule has 0 unspecified atom stereocenters. The van der Waals surface area contributed by atoms with E-state index in [-0.39, 0.29) is 5.78 Å². The highest BCUT2D eigenvalue weighted by molar-refractivity contribution is 6.09. The number of aromatic amines is 1. The standard InChI is InChI=1S/C16H17NO2/c1-9-10(2)15(17-11(9)3)16(18)13-4-5-14-12(8-13)6-7-19-14/h4-5,8,17H,6-7H2,1-3H3. The van der Waals surface area contributed by atoms with Crippen LogP contribution >= 0.6 is 0 Å². The SMILES string of the molecule is Cc1[nH]c(C(=O)c2ccc3c(c2)CCO3)c(C)c1C. The van der Waals surface area contributed by atoms with Crippen molar-refractivity contribution in [2.75, 3.05) is 6.61 Å². The molecule has 0 fully saturated rings. The fourth-order valence-corrected chi connectivity index (χ4v) is 2.54. The fourth-order valence-electron chi connectivity index (χ4n) is 2.54. The molecule has 1 aliphatic heterocycles. The maximum absolute atomic E-state index is 12.6. The molecular weight excluding hydrogens is 238 g/mol. The van der Waals surface area contributed by atoms with E-state index in [1.165, 1.54) is 0 Å². The second-order valence-electron chi connectivity index (χ2n) is 5.13. The van der Waals surface area contributed by atoms with Crippen LogP contribution in [0, 0.1) is 20.8 Å². The Labute approximate surface area is 112 Å². The topological polar surface area (TPSA) is 42.1 Å². The molecule has 1 aliphatic rings. The predicted molar refractivity (Wildman–Crippen MR) is 74.1 cm³/mol. The van der Waals surface area contributed by atoms with Gasteiger partial charge in [-0.1, -0.05) is 0 Å². The van der Waals surface area contributed by atoms with E-state index < -0.39 is 0 Å². The average Bonchev–Trinajstić information content (AvgIpc) is 2.97. The third kappa shape index (κ3) is 1.86. The van der Waals surface area contributed by atoms with E-state index in [2.05, 4.69) is 4.98 Å². The lowest BCUT2D eigenvalue weighted by atomic mass is 10.0. The number of hydrogen-bond acceptors (Lipinski definition) is 2. The normalized spacial score (nSPS) is 13.2. The van der Waals surface area contributed by atoms with Crippen molar-refractivity contribution in [1.82, 2.24) is 4.98 Å². The van der Waals surface area contributed by atoms with Gasteiger partial charge in [-0.3, -0.25) is 4.79 Å². The van der Waals surface area contributed by atoms with Crippen molar-refractivity contribution >= 4 is 5.78 Å². The number of aryl methyl sites for hydroxylation is 1. The summed E-state index contributed by atoms with van der Waals surface area (Å²) in [5.74, 6) is 0.968. The molecule has 0 bridgehead atoms.